The maximum absolute atomic E-state index is 4.83. The number of hydrogen-bond acceptors (Lipinski definition) is 2. The molecule has 16 heavy (non-hydrogen) atoms. The molecule has 3 heteroatoms. The molecule has 1 saturated carbocycles. The van der Waals surface area contributed by atoms with Gasteiger partial charge in [0.1, 0.15) is 0 Å². The molecule has 2 aliphatic rings. The predicted molar refractivity (Wildman–Crippen MR) is 73.1 cm³/mol. The minimum absolute atomic E-state index is 0.415. The third kappa shape index (κ3) is 2.55. The Morgan fingerprint density at radius 2 is 2.06 bits per heavy atom. The summed E-state index contributed by atoms with van der Waals surface area (Å²) in [7, 11) is 0. The van der Waals surface area contributed by atoms with Gasteiger partial charge in [-0.15, -0.1) is 0 Å². The summed E-state index contributed by atoms with van der Waals surface area (Å²) in [5.74, 6) is 1.93. The summed E-state index contributed by atoms with van der Waals surface area (Å²) >= 11 is 1.93. The van der Waals surface area contributed by atoms with Gasteiger partial charge < -0.3 is 5.32 Å². The Morgan fingerprint density at radius 3 is 2.69 bits per heavy atom. The monoisotopic (exact) mass is 240 g/mol. The zero-order valence-corrected chi connectivity index (χ0v) is 11.6. The molecule has 1 aliphatic heterocycles. The van der Waals surface area contributed by atoms with E-state index in [2.05, 4.69) is 26.1 Å². The maximum Gasteiger partial charge on any atom is 0.157 e. The van der Waals surface area contributed by atoms with Crippen molar-refractivity contribution in [3.8, 4) is 0 Å². The largest absolute Gasteiger partial charge is 0.359 e. The number of hydrogen-bond donors (Lipinski definition) is 1. The van der Waals surface area contributed by atoms with Crippen LogP contribution in [0, 0.1) is 5.92 Å². The molecule has 1 saturated heterocycles. The summed E-state index contributed by atoms with van der Waals surface area (Å²) in [6.45, 7) is 6.78. The number of aliphatic imine (C=N–C) groups is 1. The third-order valence-corrected chi connectivity index (χ3v) is 5.38. The van der Waals surface area contributed by atoms with E-state index in [0.717, 1.165) is 0 Å². The van der Waals surface area contributed by atoms with E-state index in [1.165, 1.54) is 43.0 Å². The van der Waals surface area contributed by atoms with E-state index in [1.54, 1.807) is 0 Å². The first-order valence-electron chi connectivity index (χ1n) is 6.64. The smallest absolute Gasteiger partial charge is 0.157 e. The fraction of sp³-hybridized carbons (Fsp3) is 0.923. The highest BCUT2D eigenvalue weighted by Crippen LogP contribution is 2.37. The standard InChI is InChI=1S/C13H24N2S/c1-4-10(2)11(3)14-12-15-13(9-16-12)7-5-6-8-13/h10-11H,4-9H2,1-3H3,(H,14,15). The molecular weight excluding hydrogens is 216 g/mol. The minimum atomic E-state index is 0.415. The predicted octanol–water partition coefficient (Wildman–Crippen LogP) is 3.43. The first kappa shape index (κ1) is 12.3. The fourth-order valence-corrected chi connectivity index (χ4v) is 3.85. The Balaban J connectivity index is 1.94. The Bertz CT molecular complexity index is 269. The molecule has 2 nitrogen and oxygen atoms in total. The summed E-state index contributed by atoms with van der Waals surface area (Å²) in [6, 6.07) is 0.455. The molecule has 0 aromatic rings. The second-order valence-electron chi connectivity index (χ2n) is 5.46. The number of rotatable bonds is 3. The van der Waals surface area contributed by atoms with Gasteiger partial charge in [0.15, 0.2) is 5.17 Å². The van der Waals surface area contributed by atoms with Crippen LogP contribution >= 0.6 is 11.8 Å². The molecule has 1 spiro atoms. The lowest BCUT2D eigenvalue weighted by Gasteiger charge is -2.22. The van der Waals surface area contributed by atoms with Gasteiger partial charge in [0.25, 0.3) is 0 Å². The number of amidine groups is 1. The van der Waals surface area contributed by atoms with Crippen LogP contribution in [0.5, 0.6) is 0 Å². The van der Waals surface area contributed by atoms with Crippen LogP contribution in [-0.4, -0.2) is 22.5 Å². The van der Waals surface area contributed by atoms with Gasteiger partial charge in [-0.05, 0) is 25.7 Å². The molecule has 1 N–H and O–H groups in total. The zero-order valence-electron chi connectivity index (χ0n) is 10.8. The maximum atomic E-state index is 4.83. The third-order valence-electron chi connectivity index (χ3n) is 4.21. The van der Waals surface area contributed by atoms with Crippen molar-refractivity contribution in [3.05, 3.63) is 0 Å². The molecule has 1 aliphatic carbocycles. The van der Waals surface area contributed by atoms with Crippen molar-refractivity contribution in [1.29, 1.82) is 0 Å². The van der Waals surface area contributed by atoms with Crippen molar-refractivity contribution in [2.75, 3.05) is 5.75 Å². The quantitative estimate of drug-likeness (QED) is 0.817. The second-order valence-corrected chi connectivity index (χ2v) is 6.43. The highest BCUT2D eigenvalue weighted by molar-refractivity contribution is 8.14. The molecule has 92 valence electrons. The van der Waals surface area contributed by atoms with Gasteiger partial charge >= 0.3 is 0 Å². The second kappa shape index (κ2) is 4.99. The summed E-state index contributed by atoms with van der Waals surface area (Å²) < 4.78 is 0. The van der Waals surface area contributed by atoms with E-state index in [0.29, 0.717) is 17.5 Å². The SMILES string of the molecule is CCC(C)C(C)N=C1NC2(CCCC2)CS1. The first-order valence-corrected chi connectivity index (χ1v) is 7.62. The van der Waals surface area contributed by atoms with Crippen molar-refractivity contribution in [2.45, 2.75) is 64.5 Å². The van der Waals surface area contributed by atoms with Crippen molar-refractivity contribution >= 4 is 16.9 Å². The average molecular weight is 240 g/mol. The molecule has 2 rings (SSSR count). The lowest BCUT2D eigenvalue weighted by molar-refractivity contribution is 0.444. The van der Waals surface area contributed by atoms with E-state index >= 15 is 0 Å². The molecule has 0 aromatic heterocycles. The van der Waals surface area contributed by atoms with Crippen LogP contribution in [0.4, 0.5) is 0 Å². The van der Waals surface area contributed by atoms with Crippen LogP contribution in [-0.2, 0) is 0 Å². The Morgan fingerprint density at radius 1 is 1.38 bits per heavy atom. The van der Waals surface area contributed by atoms with E-state index in [1.807, 2.05) is 11.8 Å². The lowest BCUT2D eigenvalue weighted by Crippen LogP contribution is -2.41. The molecule has 0 amide bonds. The van der Waals surface area contributed by atoms with Crippen LogP contribution in [0.25, 0.3) is 0 Å². The molecular formula is C13H24N2S. The number of nitrogens with one attached hydrogen (secondary N) is 1. The first-order chi connectivity index (χ1) is 7.65. The Labute approximate surface area is 104 Å². The van der Waals surface area contributed by atoms with Gasteiger partial charge in [0.05, 0.1) is 6.04 Å². The summed E-state index contributed by atoms with van der Waals surface area (Å²) in [5.41, 5.74) is 0.415. The van der Waals surface area contributed by atoms with Gasteiger partial charge in [-0.3, -0.25) is 4.99 Å². The molecule has 0 bridgehead atoms. The highest BCUT2D eigenvalue weighted by atomic mass is 32.2. The van der Waals surface area contributed by atoms with Crippen molar-refractivity contribution in [1.82, 2.24) is 5.32 Å². The Kier molecular flexibility index (Phi) is 3.83. The Hall–Kier alpha value is -0.180. The van der Waals surface area contributed by atoms with Crippen LogP contribution in [0.15, 0.2) is 4.99 Å². The van der Waals surface area contributed by atoms with Crippen molar-refractivity contribution in [2.24, 2.45) is 10.9 Å². The topological polar surface area (TPSA) is 24.4 Å². The fourth-order valence-electron chi connectivity index (χ4n) is 2.55. The van der Waals surface area contributed by atoms with Crippen LogP contribution in [0.2, 0.25) is 0 Å². The van der Waals surface area contributed by atoms with Crippen LogP contribution in [0.3, 0.4) is 0 Å². The van der Waals surface area contributed by atoms with Crippen molar-refractivity contribution in [3.63, 3.8) is 0 Å². The van der Waals surface area contributed by atoms with E-state index < -0.39 is 0 Å². The molecule has 1 heterocycles. The molecule has 0 aromatic carbocycles. The van der Waals surface area contributed by atoms with Crippen LogP contribution < -0.4 is 5.32 Å². The average Bonchev–Trinajstić information content (AvgIpc) is 2.89. The number of nitrogens with zero attached hydrogens (tertiary/aromatic N) is 1. The van der Waals surface area contributed by atoms with Gasteiger partial charge in [-0.25, -0.2) is 0 Å². The summed E-state index contributed by atoms with van der Waals surface area (Å²) in [5, 5.41) is 4.89. The van der Waals surface area contributed by atoms with Gasteiger partial charge in [0, 0.05) is 11.3 Å². The number of thioether (sulfide) groups is 1. The van der Waals surface area contributed by atoms with E-state index in [9.17, 15) is 0 Å². The van der Waals surface area contributed by atoms with Crippen LogP contribution in [0.1, 0.15) is 52.9 Å². The highest BCUT2D eigenvalue weighted by Gasteiger charge is 2.39. The lowest BCUT2D eigenvalue weighted by atomic mass is 10.0. The summed E-state index contributed by atoms with van der Waals surface area (Å²) in [6.07, 6.45) is 6.69. The van der Waals surface area contributed by atoms with Gasteiger partial charge in [0.2, 0.25) is 0 Å². The van der Waals surface area contributed by atoms with E-state index in [-0.39, 0.29) is 0 Å². The van der Waals surface area contributed by atoms with Gasteiger partial charge in [-0.2, -0.15) is 0 Å². The zero-order chi connectivity index (χ0) is 11.6. The molecule has 2 atom stereocenters. The molecule has 2 unspecified atom stereocenters. The minimum Gasteiger partial charge on any atom is -0.359 e. The van der Waals surface area contributed by atoms with E-state index in [4.69, 9.17) is 4.99 Å². The molecule has 0 radical (unpaired) electrons. The molecule has 2 fully saturated rings. The van der Waals surface area contributed by atoms with Gasteiger partial charge in [-0.1, -0.05) is 44.9 Å². The normalized spacial score (nSPS) is 29.6. The summed E-state index contributed by atoms with van der Waals surface area (Å²) in [4.78, 5) is 4.83. The van der Waals surface area contributed by atoms with Crippen molar-refractivity contribution < 1.29 is 0 Å².